The van der Waals surface area contributed by atoms with Crippen LogP contribution in [0.3, 0.4) is 0 Å². The molecule has 1 aliphatic rings. The zero-order valence-electron chi connectivity index (χ0n) is 9.59. The smallest absolute Gasteiger partial charge is 0.134 e. The van der Waals surface area contributed by atoms with Crippen molar-refractivity contribution in [2.45, 2.75) is 46.0 Å². The van der Waals surface area contributed by atoms with Crippen LogP contribution in [0.25, 0.3) is 0 Å². The first kappa shape index (κ1) is 11.7. The van der Waals surface area contributed by atoms with Crippen LogP contribution in [0.1, 0.15) is 46.0 Å². The molecular formula is C12H23NO. The van der Waals surface area contributed by atoms with Gasteiger partial charge in [-0.25, -0.2) is 0 Å². The van der Waals surface area contributed by atoms with Crippen molar-refractivity contribution in [3.63, 3.8) is 0 Å². The lowest BCUT2D eigenvalue weighted by atomic mass is 9.94. The zero-order valence-corrected chi connectivity index (χ0v) is 9.59. The maximum atomic E-state index is 11.2. The molecule has 0 amide bonds. The first-order valence-corrected chi connectivity index (χ1v) is 5.97. The largest absolute Gasteiger partial charge is 0.303 e. The molecule has 1 fully saturated rings. The molecule has 0 saturated carbocycles. The van der Waals surface area contributed by atoms with E-state index < -0.39 is 0 Å². The Kier molecular flexibility index (Phi) is 5.16. The molecule has 82 valence electrons. The topological polar surface area (TPSA) is 20.3 Å². The van der Waals surface area contributed by atoms with Crippen molar-refractivity contribution in [1.29, 1.82) is 0 Å². The molecule has 0 N–H and O–H groups in total. The second-order valence-electron chi connectivity index (χ2n) is 4.46. The molecule has 0 aliphatic carbocycles. The van der Waals surface area contributed by atoms with Crippen LogP contribution in [0.2, 0.25) is 0 Å². The molecule has 0 radical (unpaired) electrons. The number of hydrogen-bond donors (Lipinski definition) is 0. The number of carbonyl (C=O) groups is 1. The van der Waals surface area contributed by atoms with Crippen molar-refractivity contribution < 1.29 is 4.79 Å². The monoisotopic (exact) mass is 197 g/mol. The molecule has 1 aliphatic heterocycles. The normalized spacial score (nSPS) is 23.7. The van der Waals surface area contributed by atoms with Gasteiger partial charge in [-0.05, 0) is 39.3 Å². The Morgan fingerprint density at radius 1 is 1.43 bits per heavy atom. The highest BCUT2D eigenvalue weighted by Gasteiger charge is 2.22. The van der Waals surface area contributed by atoms with E-state index in [1.807, 2.05) is 0 Å². The van der Waals surface area contributed by atoms with E-state index in [9.17, 15) is 4.79 Å². The maximum absolute atomic E-state index is 11.2. The van der Waals surface area contributed by atoms with Crippen molar-refractivity contribution in [1.82, 2.24) is 4.90 Å². The highest BCUT2D eigenvalue weighted by Crippen LogP contribution is 2.17. The van der Waals surface area contributed by atoms with Gasteiger partial charge in [0.25, 0.3) is 0 Å². The van der Waals surface area contributed by atoms with Crippen LogP contribution < -0.4 is 0 Å². The summed E-state index contributed by atoms with van der Waals surface area (Å²) >= 11 is 0. The summed E-state index contributed by atoms with van der Waals surface area (Å²) < 4.78 is 0. The Bertz CT molecular complexity index is 179. The molecule has 2 heteroatoms. The Hall–Kier alpha value is -0.370. The fraction of sp³-hybridized carbons (Fsp3) is 0.917. The van der Waals surface area contributed by atoms with E-state index in [0.717, 1.165) is 13.0 Å². The third kappa shape index (κ3) is 3.79. The molecule has 0 aromatic rings. The van der Waals surface area contributed by atoms with Crippen LogP contribution >= 0.6 is 0 Å². The highest BCUT2D eigenvalue weighted by atomic mass is 16.1. The molecule has 1 rings (SSSR count). The van der Waals surface area contributed by atoms with Crippen molar-refractivity contribution in [2.24, 2.45) is 5.92 Å². The van der Waals surface area contributed by atoms with Crippen molar-refractivity contribution >= 4 is 5.78 Å². The summed E-state index contributed by atoms with van der Waals surface area (Å²) in [6.07, 6.45) is 6.21. The Labute approximate surface area is 87.7 Å². The molecule has 2 nitrogen and oxygen atoms in total. The minimum atomic E-state index is 0.324. The van der Waals surface area contributed by atoms with Crippen LogP contribution in [0.4, 0.5) is 0 Å². The molecule has 0 aromatic heterocycles. The Balaban J connectivity index is 2.22. The standard InChI is InChI=1S/C12H23NO/c1-3-4-5-8-13-9-6-7-12(10-13)11(2)14/h12H,3-10H2,1-2H3. The Morgan fingerprint density at radius 2 is 2.21 bits per heavy atom. The zero-order chi connectivity index (χ0) is 10.4. The number of nitrogens with zero attached hydrogens (tertiary/aromatic N) is 1. The first-order chi connectivity index (χ1) is 6.74. The molecular weight excluding hydrogens is 174 g/mol. The number of ketones is 1. The van der Waals surface area contributed by atoms with Crippen LogP contribution in [0.5, 0.6) is 0 Å². The number of hydrogen-bond acceptors (Lipinski definition) is 2. The summed E-state index contributed by atoms with van der Waals surface area (Å²) in [6, 6.07) is 0. The summed E-state index contributed by atoms with van der Waals surface area (Å²) in [5.74, 6) is 0.704. The summed E-state index contributed by atoms with van der Waals surface area (Å²) in [6.45, 7) is 7.37. The number of Topliss-reactive ketones (excluding diaryl/α,β-unsaturated/α-hetero) is 1. The molecule has 0 aromatic carbocycles. The fourth-order valence-corrected chi connectivity index (χ4v) is 2.18. The van der Waals surface area contributed by atoms with Gasteiger partial charge in [0, 0.05) is 12.5 Å². The molecule has 14 heavy (non-hydrogen) atoms. The molecule has 1 saturated heterocycles. The van der Waals surface area contributed by atoms with Gasteiger partial charge in [0.2, 0.25) is 0 Å². The van der Waals surface area contributed by atoms with E-state index in [2.05, 4.69) is 11.8 Å². The molecule has 0 spiro atoms. The van der Waals surface area contributed by atoms with Crippen molar-refractivity contribution in [3.05, 3.63) is 0 Å². The van der Waals surface area contributed by atoms with Gasteiger partial charge in [-0.1, -0.05) is 19.8 Å². The van der Waals surface area contributed by atoms with E-state index in [0.29, 0.717) is 11.7 Å². The molecule has 1 atom stereocenters. The lowest BCUT2D eigenvalue weighted by molar-refractivity contribution is -0.122. The third-order valence-corrected chi connectivity index (χ3v) is 3.16. The molecule has 1 heterocycles. The van der Waals surface area contributed by atoms with E-state index >= 15 is 0 Å². The molecule has 1 unspecified atom stereocenters. The lowest BCUT2D eigenvalue weighted by Crippen LogP contribution is -2.38. The number of rotatable bonds is 5. The second kappa shape index (κ2) is 6.18. The Morgan fingerprint density at radius 3 is 2.86 bits per heavy atom. The van der Waals surface area contributed by atoms with E-state index in [-0.39, 0.29) is 0 Å². The van der Waals surface area contributed by atoms with Crippen LogP contribution in [0.15, 0.2) is 0 Å². The van der Waals surface area contributed by atoms with Crippen LogP contribution in [0, 0.1) is 5.92 Å². The minimum Gasteiger partial charge on any atom is -0.303 e. The summed E-state index contributed by atoms with van der Waals surface area (Å²) in [5, 5.41) is 0. The van der Waals surface area contributed by atoms with Gasteiger partial charge in [-0.3, -0.25) is 4.79 Å². The van der Waals surface area contributed by atoms with Gasteiger partial charge < -0.3 is 4.90 Å². The van der Waals surface area contributed by atoms with Gasteiger partial charge >= 0.3 is 0 Å². The number of piperidine rings is 1. The van der Waals surface area contributed by atoms with E-state index in [4.69, 9.17) is 0 Å². The minimum absolute atomic E-state index is 0.324. The van der Waals surface area contributed by atoms with Crippen molar-refractivity contribution in [2.75, 3.05) is 19.6 Å². The van der Waals surface area contributed by atoms with Gasteiger partial charge in [0.1, 0.15) is 5.78 Å². The summed E-state index contributed by atoms with van der Waals surface area (Å²) in [4.78, 5) is 13.7. The summed E-state index contributed by atoms with van der Waals surface area (Å²) in [7, 11) is 0. The van der Waals surface area contributed by atoms with E-state index in [1.165, 1.54) is 38.8 Å². The van der Waals surface area contributed by atoms with E-state index in [1.54, 1.807) is 6.92 Å². The number of carbonyl (C=O) groups excluding carboxylic acids is 1. The average molecular weight is 197 g/mol. The second-order valence-corrected chi connectivity index (χ2v) is 4.46. The highest BCUT2D eigenvalue weighted by molar-refractivity contribution is 5.78. The quantitative estimate of drug-likeness (QED) is 0.631. The third-order valence-electron chi connectivity index (χ3n) is 3.16. The SMILES string of the molecule is CCCCCN1CCCC(C(C)=O)C1. The van der Waals surface area contributed by atoms with Gasteiger partial charge in [-0.2, -0.15) is 0 Å². The maximum Gasteiger partial charge on any atom is 0.134 e. The van der Waals surface area contributed by atoms with Crippen LogP contribution in [-0.4, -0.2) is 30.3 Å². The van der Waals surface area contributed by atoms with Crippen LogP contribution in [-0.2, 0) is 4.79 Å². The first-order valence-electron chi connectivity index (χ1n) is 5.97. The number of likely N-dealkylation sites (tertiary alicyclic amines) is 1. The fourth-order valence-electron chi connectivity index (χ4n) is 2.18. The van der Waals surface area contributed by atoms with Gasteiger partial charge in [-0.15, -0.1) is 0 Å². The lowest BCUT2D eigenvalue weighted by Gasteiger charge is -2.31. The molecule has 0 bridgehead atoms. The van der Waals surface area contributed by atoms with Gasteiger partial charge in [0.05, 0.1) is 0 Å². The predicted molar refractivity (Wildman–Crippen MR) is 59.4 cm³/mol. The van der Waals surface area contributed by atoms with Gasteiger partial charge in [0.15, 0.2) is 0 Å². The summed E-state index contributed by atoms with van der Waals surface area (Å²) in [5.41, 5.74) is 0. The average Bonchev–Trinajstić information content (AvgIpc) is 2.19. The number of unbranched alkanes of at least 4 members (excludes halogenated alkanes) is 2. The predicted octanol–water partition coefficient (Wildman–Crippen LogP) is 2.48. The van der Waals surface area contributed by atoms with Crippen molar-refractivity contribution in [3.8, 4) is 0 Å².